The second-order valence-corrected chi connectivity index (χ2v) is 4.09. The van der Waals surface area contributed by atoms with Gasteiger partial charge in [0.25, 0.3) is 0 Å². The molecule has 0 amide bonds. The number of ether oxygens (including phenoxy) is 2. The van der Waals surface area contributed by atoms with Gasteiger partial charge in [0.2, 0.25) is 0 Å². The van der Waals surface area contributed by atoms with Crippen LogP contribution >= 0.6 is 0 Å². The molecule has 19 heavy (non-hydrogen) atoms. The van der Waals surface area contributed by atoms with Gasteiger partial charge in [-0.15, -0.1) is 0 Å². The number of carbonyl (C=O) groups is 2. The van der Waals surface area contributed by atoms with Crippen molar-refractivity contribution < 1.29 is 19.1 Å². The maximum absolute atomic E-state index is 11.8. The molecule has 2 aromatic rings. The molecule has 0 fully saturated rings. The van der Waals surface area contributed by atoms with Crippen LogP contribution in [0.25, 0.3) is 11.0 Å². The predicted octanol–water partition coefficient (Wildman–Crippen LogP) is 1.45. The molecule has 0 bridgehead atoms. The Morgan fingerprint density at radius 3 is 2.16 bits per heavy atom. The van der Waals surface area contributed by atoms with Crippen molar-refractivity contribution in [2.24, 2.45) is 7.05 Å². The number of nitrogens with zero attached hydrogens (tertiary/aromatic N) is 2. The van der Waals surface area contributed by atoms with E-state index in [-0.39, 0.29) is 11.1 Å². The van der Waals surface area contributed by atoms with Gasteiger partial charge >= 0.3 is 11.9 Å². The molecule has 2 rings (SSSR count). The van der Waals surface area contributed by atoms with E-state index in [0.717, 1.165) is 11.3 Å². The number of methoxy groups -OCH3 is 2. The number of carbonyl (C=O) groups excluding carboxylic acids is 2. The first-order valence-electron chi connectivity index (χ1n) is 5.63. The van der Waals surface area contributed by atoms with Crippen molar-refractivity contribution in [3.8, 4) is 0 Å². The van der Waals surface area contributed by atoms with E-state index in [9.17, 15) is 9.59 Å². The third kappa shape index (κ3) is 2.05. The maximum atomic E-state index is 11.8. The summed E-state index contributed by atoms with van der Waals surface area (Å²) in [5, 5.41) is 0. The van der Waals surface area contributed by atoms with Crippen molar-refractivity contribution in [2.45, 2.75) is 6.92 Å². The van der Waals surface area contributed by atoms with Crippen molar-refractivity contribution in [1.29, 1.82) is 0 Å². The normalized spacial score (nSPS) is 10.5. The van der Waals surface area contributed by atoms with Gasteiger partial charge in [-0.05, 0) is 19.1 Å². The molecule has 6 nitrogen and oxygen atoms in total. The highest BCUT2D eigenvalue weighted by atomic mass is 16.5. The van der Waals surface area contributed by atoms with Crippen LogP contribution < -0.4 is 0 Å². The number of hydrogen-bond acceptors (Lipinski definition) is 5. The molecule has 0 atom stereocenters. The molecule has 1 heterocycles. The highest BCUT2D eigenvalue weighted by Gasteiger charge is 2.21. The number of aromatic nitrogens is 2. The van der Waals surface area contributed by atoms with Crippen molar-refractivity contribution in [1.82, 2.24) is 9.55 Å². The van der Waals surface area contributed by atoms with Crippen LogP contribution in [0.4, 0.5) is 0 Å². The fourth-order valence-electron chi connectivity index (χ4n) is 1.92. The van der Waals surface area contributed by atoms with E-state index in [1.54, 1.807) is 12.1 Å². The Balaban J connectivity index is 2.77. The Kier molecular flexibility index (Phi) is 3.25. The lowest BCUT2D eigenvalue weighted by Gasteiger charge is -2.07. The fraction of sp³-hybridized carbons (Fsp3) is 0.308. The minimum atomic E-state index is -0.592. The number of esters is 2. The minimum absolute atomic E-state index is 0.153. The van der Waals surface area contributed by atoms with Crippen molar-refractivity contribution in [2.75, 3.05) is 14.2 Å². The topological polar surface area (TPSA) is 70.4 Å². The largest absolute Gasteiger partial charge is 0.465 e. The highest BCUT2D eigenvalue weighted by Crippen LogP contribution is 2.22. The first kappa shape index (κ1) is 13.1. The van der Waals surface area contributed by atoms with E-state index in [2.05, 4.69) is 9.72 Å². The average Bonchev–Trinajstić information content (AvgIpc) is 2.70. The Labute approximate surface area is 109 Å². The van der Waals surface area contributed by atoms with E-state index in [1.807, 2.05) is 18.5 Å². The van der Waals surface area contributed by atoms with Crippen LogP contribution in [0.5, 0.6) is 0 Å². The molecule has 0 aliphatic rings. The summed E-state index contributed by atoms with van der Waals surface area (Å²) >= 11 is 0. The molecule has 0 aliphatic carbocycles. The smallest absolute Gasteiger partial charge is 0.338 e. The van der Waals surface area contributed by atoms with Gasteiger partial charge in [0.05, 0.1) is 36.4 Å². The fourth-order valence-corrected chi connectivity index (χ4v) is 1.92. The molecule has 0 spiro atoms. The number of aryl methyl sites for hydroxylation is 2. The van der Waals surface area contributed by atoms with E-state index in [1.165, 1.54) is 14.2 Å². The number of benzene rings is 1. The predicted molar refractivity (Wildman–Crippen MR) is 68.1 cm³/mol. The van der Waals surface area contributed by atoms with Crippen LogP contribution in [-0.2, 0) is 16.5 Å². The van der Waals surface area contributed by atoms with Gasteiger partial charge in [-0.1, -0.05) is 0 Å². The SMILES string of the molecule is COC(=O)c1cc2nc(C)n(C)c2cc1C(=O)OC. The molecule has 0 N–H and O–H groups in total. The van der Waals surface area contributed by atoms with Gasteiger partial charge in [0.15, 0.2) is 0 Å². The van der Waals surface area contributed by atoms with Crippen LogP contribution in [0.15, 0.2) is 12.1 Å². The Bertz CT molecular complexity index is 673. The molecular weight excluding hydrogens is 248 g/mol. The average molecular weight is 262 g/mol. The van der Waals surface area contributed by atoms with Gasteiger partial charge in [-0.2, -0.15) is 0 Å². The lowest BCUT2D eigenvalue weighted by Crippen LogP contribution is -2.12. The van der Waals surface area contributed by atoms with E-state index >= 15 is 0 Å². The van der Waals surface area contributed by atoms with Crippen molar-refractivity contribution in [3.63, 3.8) is 0 Å². The molecule has 0 radical (unpaired) electrons. The summed E-state index contributed by atoms with van der Waals surface area (Å²) in [4.78, 5) is 27.8. The zero-order valence-electron chi connectivity index (χ0n) is 11.2. The first-order chi connectivity index (χ1) is 8.99. The lowest BCUT2D eigenvalue weighted by atomic mass is 10.1. The molecule has 1 aromatic carbocycles. The zero-order chi connectivity index (χ0) is 14.2. The molecular formula is C13H14N2O4. The molecule has 6 heteroatoms. The van der Waals surface area contributed by atoms with Gasteiger partial charge in [-0.25, -0.2) is 14.6 Å². The van der Waals surface area contributed by atoms with Gasteiger partial charge < -0.3 is 14.0 Å². The third-order valence-electron chi connectivity index (χ3n) is 3.05. The summed E-state index contributed by atoms with van der Waals surface area (Å²) in [7, 11) is 4.36. The summed E-state index contributed by atoms with van der Waals surface area (Å²) in [6.07, 6.45) is 0. The monoisotopic (exact) mass is 262 g/mol. The molecule has 0 aliphatic heterocycles. The zero-order valence-corrected chi connectivity index (χ0v) is 11.2. The van der Waals surface area contributed by atoms with Gasteiger partial charge in [0.1, 0.15) is 5.82 Å². The Hall–Kier alpha value is -2.37. The van der Waals surface area contributed by atoms with Crippen LogP contribution in [0, 0.1) is 6.92 Å². The number of hydrogen-bond donors (Lipinski definition) is 0. The second-order valence-electron chi connectivity index (χ2n) is 4.09. The molecule has 0 saturated carbocycles. The number of imidazole rings is 1. The van der Waals surface area contributed by atoms with E-state index in [0.29, 0.717) is 5.52 Å². The maximum Gasteiger partial charge on any atom is 0.338 e. The summed E-state index contributed by atoms with van der Waals surface area (Å²) in [5.74, 6) is -0.389. The summed E-state index contributed by atoms with van der Waals surface area (Å²) in [5.41, 5.74) is 1.71. The third-order valence-corrected chi connectivity index (χ3v) is 3.05. The van der Waals surface area contributed by atoms with E-state index in [4.69, 9.17) is 4.74 Å². The molecule has 0 saturated heterocycles. The molecule has 1 aromatic heterocycles. The first-order valence-corrected chi connectivity index (χ1v) is 5.63. The lowest BCUT2D eigenvalue weighted by molar-refractivity contribution is 0.0555. The standard InChI is InChI=1S/C13H14N2O4/c1-7-14-10-5-8(12(16)18-3)9(13(17)19-4)6-11(10)15(7)2/h5-6H,1-4H3. The minimum Gasteiger partial charge on any atom is -0.465 e. The van der Waals surface area contributed by atoms with Crippen molar-refractivity contribution in [3.05, 3.63) is 29.1 Å². The van der Waals surface area contributed by atoms with Gasteiger partial charge in [0, 0.05) is 7.05 Å². The van der Waals surface area contributed by atoms with E-state index < -0.39 is 11.9 Å². The van der Waals surface area contributed by atoms with Crippen LogP contribution in [0.1, 0.15) is 26.5 Å². The van der Waals surface area contributed by atoms with Crippen molar-refractivity contribution >= 4 is 23.0 Å². The summed E-state index contributed by atoms with van der Waals surface area (Å²) < 4.78 is 11.2. The summed E-state index contributed by atoms with van der Waals surface area (Å²) in [6, 6.07) is 3.13. The highest BCUT2D eigenvalue weighted by molar-refractivity contribution is 6.06. The Morgan fingerprint density at radius 2 is 1.63 bits per heavy atom. The Morgan fingerprint density at radius 1 is 1.11 bits per heavy atom. The number of rotatable bonds is 2. The van der Waals surface area contributed by atoms with Gasteiger partial charge in [-0.3, -0.25) is 0 Å². The van der Waals surface area contributed by atoms with Crippen LogP contribution in [-0.4, -0.2) is 35.7 Å². The quantitative estimate of drug-likeness (QED) is 0.766. The summed E-state index contributed by atoms with van der Waals surface area (Å²) in [6.45, 7) is 1.84. The molecule has 0 unspecified atom stereocenters. The molecule has 100 valence electrons. The second kappa shape index (κ2) is 4.72. The van der Waals surface area contributed by atoms with Crippen LogP contribution in [0.3, 0.4) is 0 Å². The number of fused-ring (bicyclic) bond motifs is 1. The van der Waals surface area contributed by atoms with Crippen LogP contribution in [0.2, 0.25) is 0 Å².